The van der Waals surface area contributed by atoms with E-state index in [1.54, 1.807) is 42.2 Å². The lowest BCUT2D eigenvalue weighted by Crippen LogP contribution is -2.35. The smallest absolute Gasteiger partial charge is 0.329 e. The molecule has 3 rings (SSSR count). The van der Waals surface area contributed by atoms with E-state index in [1.165, 1.54) is 6.07 Å². The van der Waals surface area contributed by atoms with Crippen molar-refractivity contribution >= 4 is 18.3 Å². The van der Waals surface area contributed by atoms with Gasteiger partial charge >= 0.3 is 6.18 Å². The van der Waals surface area contributed by atoms with Crippen LogP contribution < -0.4 is 5.73 Å². The van der Waals surface area contributed by atoms with Gasteiger partial charge in [0, 0.05) is 18.2 Å². The maximum Gasteiger partial charge on any atom is 0.416 e. The van der Waals surface area contributed by atoms with Crippen molar-refractivity contribution in [1.82, 2.24) is 4.90 Å². The molecule has 27 heavy (non-hydrogen) atoms. The van der Waals surface area contributed by atoms with Crippen LogP contribution in [0.4, 0.5) is 13.2 Å². The molecule has 1 aliphatic carbocycles. The van der Waals surface area contributed by atoms with Crippen molar-refractivity contribution in [2.75, 3.05) is 0 Å². The number of alkyl halides is 3. The van der Waals surface area contributed by atoms with Crippen LogP contribution in [-0.2, 0) is 12.7 Å². The number of benzene rings is 2. The Hall–Kier alpha value is -2.05. The Morgan fingerprint density at radius 2 is 1.81 bits per heavy atom. The zero-order chi connectivity index (χ0) is 18.9. The standard InChI is InChI=1S/C20H21F3N2O.ClH/c1-13(16-3-2-4-17(11-16)20(21,22)23)25(18-9-10-18)19(26)15-7-5-14(12-24)6-8-15;/h2-8,11,13,18H,9-10,12,24H2,1H3;1H. The van der Waals surface area contributed by atoms with Gasteiger partial charge in [-0.25, -0.2) is 0 Å². The van der Waals surface area contributed by atoms with E-state index in [2.05, 4.69) is 0 Å². The molecule has 1 unspecified atom stereocenters. The average Bonchev–Trinajstić information content (AvgIpc) is 3.46. The Balaban J connectivity index is 0.00000261. The third-order valence-electron chi connectivity index (χ3n) is 4.72. The van der Waals surface area contributed by atoms with E-state index < -0.39 is 17.8 Å². The van der Waals surface area contributed by atoms with Gasteiger partial charge < -0.3 is 10.6 Å². The largest absolute Gasteiger partial charge is 0.416 e. The van der Waals surface area contributed by atoms with Crippen molar-refractivity contribution in [1.29, 1.82) is 0 Å². The Bertz CT molecular complexity index is 789. The molecule has 146 valence electrons. The monoisotopic (exact) mass is 398 g/mol. The first-order valence-electron chi connectivity index (χ1n) is 8.60. The van der Waals surface area contributed by atoms with Crippen molar-refractivity contribution in [2.45, 2.75) is 44.6 Å². The van der Waals surface area contributed by atoms with Crippen LogP contribution >= 0.6 is 12.4 Å². The maximum atomic E-state index is 13.0. The summed E-state index contributed by atoms with van der Waals surface area (Å²) in [6.45, 7) is 2.17. The number of nitrogens with two attached hydrogens (primary N) is 1. The lowest BCUT2D eigenvalue weighted by molar-refractivity contribution is -0.137. The fourth-order valence-electron chi connectivity index (χ4n) is 3.08. The van der Waals surface area contributed by atoms with Gasteiger partial charge in [0.1, 0.15) is 0 Å². The average molecular weight is 399 g/mol. The van der Waals surface area contributed by atoms with Crippen LogP contribution in [0.5, 0.6) is 0 Å². The van der Waals surface area contributed by atoms with Crippen LogP contribution in [0.3, 0.4) is 0 Å². The minimum Gasteiger partial charge on any atom is -0.329 e. The fraction of sp³-hybridized carbons (Fsp3) is 0.350. The summed E-state index contributed by atoms with van der Waals surface area (Å²) >= 11 is 0. The van der Waals surface area contributed by atoms with Gasteiger partial charge in [0.25, 0.3) is 5.91 Å². The van der Waals surface area contributed by atoms with Crippen molar-refractivity contribution in [2.24, 2.45) is 5.73 Å². The molecule has 2 aromatic carbocycles. The molecule has 0 bridgehead atoms. The van der Waals surface area contributed by atoms with Crippen molar-refractivity contribution < 1.29 is 18.0 Å². The molecule has 0 aliphatic heterocycles. The first-order valence-corrected chi connectivity index (χ1v) is 8.60. The van der Waals surface area contributed by atoms with E-state index in [0.717, 1.165) is 30.5 Å². The lowest BCUT2D eigenvalue weighted by Gasteiger charge is -2.30. The molecule has 0 radical (unpaired) electrons. The van der Waals surface area contributed by atoms with Gasteiger partial charge in [-0.15, -0.1) is 12.4 Å². The molecule has 0 heterocycles. The van der Waals surface area contributed by atoms with E-state index >= 15 is 0 Å². The second kappa shape index (κ2) is 8.31. The summed E-state index contributed by atoms with van der Waals surface area (Å²) in [5, 5.41) is 0. The summed E-state index contributed by atoms with van der Waals surface area (Å²) in [6.07, 6.45) is -2.66. The lowest BCUT2D eigenvalue weighted by atomic mass is 10.0. The molecule has 1 aliphatic rings. The van der Waals surface area contributed by atoms with Crippen LogP contribution in [0.1, 0.15) is 52.9 Å². The van der Waals surface area contributed by atoms with E-state index in [4.69, 9.17) is 5.73 Å². The number of carbonyl (C=O) groups is 1. The van der Waals surface area contributed by atoms with Crippen molar-refractivity contribution in [3.8, 4) is 0 Å². The van der Waals surface area contributed by atoms with Crippen molar-refractivity contribution in [3.63, 3.8) is 0 Å². The second-order valence-corrected chi connectivity index (χ2v) is 6.64. The number of amides is 1. The van der Waals surface area contributed by atoms with Gasteiger partial charge in [-0.3, -0.25) is 4.79 Å². The van der Waals surface area contributed by atoms with Gasteiger partial charge in [-0.2, -0.15) is 13.2 Å². The number of nitrogens with zero attached hydrogens (tertiary/aromatic N) is 1. The molecule has 1 atom stereocenters. The highest BCUT2D eigenvalue weighted by atomic mass is 35.5. The molecule has 0 aromatic heterocycles. The molecule has 2 aromatic rings. The van der Waals surface area contributed by atoms with Gasteiger partial charge in [0.15, 0.2) is 0 Å². The first kappa shape index (κ1) is 21.3. The van der Waals surface area contributed by atoms with Crippen LogP contribution in [0.25, 0.3) is 0 Å². The van der Waals surface area contributed by atoms with E-state index in [1.807, 2.05) is 0 Å². The number of hydrogen-bond donors (Lipinski definition) is 1. The van der Waals surface area contributed by atoms with Gasteiger partial charge in [0.05, 0.1) is 11.6 Å². The molecule has 3 nitrogen and oxygen atoms in total. The van der Waals surface area contributed by atoms with Crippen LogP contribution in [0.2, 0.25) is 0 Å². The SMILES string of the molecule is CC(c1cccc(C(F)(F)F)c1)N(C(=O)c1ccc(CN)cc1)C1CC1.Cl. The van der Waals surface area contributed by atoms with Gasteiger partial charge in [-0.05, 0) is 55.2 Å². The van der Waals surface area contributed by atoms with Gasteiger partial charge in [0.2, 0.25) is 0 Å². The third kappa shape index (κ3) is 4.82. The molecule has 7 heteroatoms. The summed E-state index contributed by atoms with van der Waals surface area (Å²) in [5.74, 6) is -0.166. The van der Waals surface area contributed by atoms with Gasteiger partial charge in [-0.1, -0.05) is 24.3 Å². The predicted molar refractivity (Wildman–Crippen MR) is 101 cm³/mol. The molecule has 1 fully saturated rings. The fourth-order valence-corrected chi connectivity index (χ4v) is 3.08. The number of carbonyl (C=O) groups excluding carboxylic acids is 1. The Labute approximate surface area is 162 Å². The Morgan fingerprint density at radius 3 is 2.33 bits per heavy atom. The van der Waals surface area contributed by atoms with Crippen LogP contribution in [0.15, 0.2) is 48.5 Å². The molecule has 1 amide bonds. The van der Waals surface area contributed by atoms with E-state index in [0.29, 0.717) is 17.7 Å². The zero-order valence-electron chi connectivity index (χ0n) is 14.9. The normalized spacial score (nSPS) is 15.0. The van der Waals surface area contributed by atoms with Crippen LogP contribution in [-0.4, -0.2) is 16.8 Å². The summed E-state index contributed by atoms with van der Waals surface area (Å²) in [6, 6.07) is 11.9. The third-order valence-corrected chi connectivity index (χ3v) is 4.72. The predicted octanol–water partition coefficient (Wildman–Crippen LogP) is 4.95. The zero-order valence-corrected chi connectivity index (χ0v) is 15.7. The topological polar surface area (TPSA) is 46.3 Å². The molecule has 0 saturated heterocycles. The molecular weight excluding hydrogens is 377 g/mol. The second-order valence-electron chi connectivity index (χ2n) is 6.64. The van der Waals surface area contributed by atoms with E-state index in [-0.39, 0.29) is 24.4 Å². The van der Waals surface area contributed by atoms with Crippen LogP contribution in [0, 0.1) is 0 Å². The van der Waals surface area contributed by atoms with E-state index in [9.17, 15) is 18.0 Å². The Kier molecular flexibility index (Phi) is 6.54. The van der Waals surface area contributed by atoms with Crippen molar-refractivity contribution in [3.05, 3.63) is 70.8 Å². The molecule has 0 spiro atoms. The molecule has 1 saturated carbocycles. The Morgan fingerprint density at radius 1 is 1.19 bits per heavy atom. The summed E-state index contributed by atoms with van der Waals surface area (Å²) < 4.78 is 39.0. The highest BCUT2D eigenvalue weighted by molar-refractivity contribution is 5.95. The summed E-state index contributed by atoms with van der Waals surface area (Å²) in [4.78, 5) is 14.7. The summed E-state index contributed by atoms with van der Waals surface area (Å²) in [5.41, 5.74) is 6.81. The summed E-state index contributed by atoms with van der Waals surface area (Å²) in [7, 11) is 0. The number of hydrogen-bond acceptors (Lipinski definition) is 2. The number of halogens is 4. The molecule has 2 N–H and O–H groups in total. The quantitative estimate of drug-likeness (QED) is 0.774. The minimum absolute atomic E-state index is 0. The first-order chi connectivity index (χ1) is 12.3. The number of rotatable bonds is 5. The highest BCUT2D eigenvalue weighted by Crippen LogP contribution is 2.37. The highest BCUT2D eigenvalue weighted by Gasteiger charge is 2.37. The minimum atomic E-state index is -4.40. The maximum absolute atomic E-state index is 13.0. The molecular formula is C20H22ClF3N2O.